The summed E-state index contributed by atoms with van der Waals surface area (Å²) in [4.78, 5) is 0. The molecule has 2 heteroatoms. The van der Waals surface area contributed by atoms with Crippen molar-refractivity contribution in [1.82, 2.24) is 0 Å². The molecule has 0 aliphatic heterocycles. The van der Waals surface area contributed by atoms with Gasteiger partial charge in [-0.1, -0.05) is 38.8 Å². The summed E-state index contributed by atoms with van der Waals surface area (Å²) in [6.07, 6.45) is 4.62. The molecule has 17 heavy (non-hydrogen) atoms. The minimum absolute atomic E-state index is 0.170. The van der Waals surface area contributed by atoms with Crippen molar-refractivity contribution in [3.63, 3.8) is 0 Å². The van der Waals surface area contributed by atoms with E-state index < -0.39 is 0 Å². The maximum Gasteiger partial charge on any atom is 0.123 e. The Bertz CT molecular complexity index is 305. The van der Waals surface area contributed by atoms with E-state index >= 15 is 0 Å². The maximum absolute atomic E-state index is 12.8. The molecule has 0 N–H and O–H groups in total. The van der Waals surface area contributed by atoms with Gasteiger partial charge in [-0.15, -0.1) is 11.6 Å². The summed E-state index contributed by atoms with van der Waals surface area (Å²) in [5, 5.41) is 0. The molecule has 0 saturated heterocycles. The highest BCUT2D eigenvalue weighted by Crippen LogP contribution is 2.19. The van der Waals surface area contributed by atoms with Crippen LogP contribution in [0, 0.1) is 17.7 Å². The highest BCUT2D eigenvalue weighted by molar-refractivity contribution is 6.18. The second kappa shape index (κ2) is 7.71. The van der Waals surface area contributed by atoms with Crippen LogP contribution >= 0.6 is 11.6 Å². The molecule has 1 atom stereocenters. The molecule has 0 bridgehead atoms. The minimum Gasteiger partial charge on any atom is -0.207 e. The Morgan fingerprint density at radius 1 is 1.12 bits per heavy atom. The highest BCUT2D eigenvalue weighted by atomic mass is 35.5. The molecule has 0 fully saturated rings. The van der Waals surface area contributed by atoms with E-state index in [1.54, 1.807) is 0 Å². The van der Waals surface area contributed by atoms with Crippen LogP contribution in [0.2, 0.25) is 0 Å². The first-order valence-electron chi connectivity index (χ1n) is 6.42. The van der Waals surface area contributed by atoms with E-state index in [0.29, 0.717) is 11.8 Å². The van der Waals surface area contributed by atoms with Crippen molar-refractivity contribution in [3.05, 3.63) is 35.6 Å². The molecule has 1 aromatic carbocycles. The normalized spacial score (nSPS) is 13.0. The topological polar surface area (TPSA) is 0 Å². The van der Waals surface area contributed by atoms with E-state index in [0.717, 1.165) is 12.3 Å². The molecule has 0 aliphatic rings. The molecule has 0 heterocycles. The van der Waals surface area contributed by atoms with Crippen molar-refractivity contribution < 1.29 is 4.39 Å². The molecule has 0 amide bonds. The van der Waals surface area contributed by atoms with Crippen molar-refractivity contribution in [2.24, 2.45) is 11.8 Å². The standard InChI is InChI=1S/C15H22ClF/c1-12(2)4-3-5-14(11-16)10-13-6-8-15(17)9-7-13/h6-9,12,14H,3-5,10-11H2,1-2H3. The molecular weight excluding hydrogens is 235 g/mol. The van der Waals surface area contributed by atoms with Crippen LogP contribution in [0.1, 0.15) is 38.7 Å². The van der Waals surface area contributed by atoms with Crippen LogP contribution < -0.4 is 0 Å². The second-order valence-electron chi connectivity index (χ2n) is 5.18. The smallest absolute Gasteiger partial charge is 0.123 e. The lowest BCUT2D eigenvalue weighted by molar-refractivity contribution is 0.459. The summed E-state index contributed by atoms with van der Waals surface area (Å²) in [6.45, 7) is 4.49. The lowest BCUT2D eigenvalue weighted by atomic mass is 9.94. The molecule has 1 unspecified atom stereocenters. The fourth-order valence-corrected chi connectivity index (χ4v) is 2.27. The highest BCUT2D eigenvalue weighted by Gasteiger charge is 2.09. The average Bonchev–Trinajstić information content (AvgIpc) is 2.30. The van der Waals surface area contributed by atoms with Gasteiger partial charge in [0.05, 0.1) is 0 Å². The van der Waals surface area contributed by atoms with Crippen molar-refractivity contribution in [1.29, 1.82) is 0 Å². The molecule has 0 nitrogen and oxygen atoms in total. The Labute approximate surface area is 109 Å². The molecule has 96 valence electrons. The first-order valence-corrected chi connectivity index (χ1v) is 6.95. The van der Waals surface area contributed by atoms with E-state index in [1.807, 2.05) is 12.1 Å². The van der Waals surface area contributed by atoms with Gasteiger partial charge in [-0.05, 0) is 42.4 Å². The van der Waals surface area contributed by atoms with Crippen LogP contribution in [0.4, 0.5) is 4.39 Å². The van der Waals surface area contributed by atoms with Crippen LogP contribution in [0.3, 0.4) is 0 Å². The van der Waals surface area contributed by atoms with Crippen molar-refractivity contribution in [2.45, 2.75) is 39.5 Å². The number of benzene rings is 1. The summed E-state index contributed by atoms with van der Waals surface area (Å²) >= 11 is 5.99. The number of hydrogen-bond acceptors (Lipinski definition) is 0. The van der Waals surface area contributed by atoms with Gasteiger partial charge in [0.25, 0.3) is 0 Å². The molecule has 0 spiro atoms. The lowest BCUT2D eigenvalue weighted by Crippen LogP contribution is -2.07. The predicted molar refractivity (Wildman–Crippen MR) is 73.0 cm³/mol. The van der Waals surface area contributed by atoms with Gasteiger partial charge in [-0.25, -0.2) is 4.39 Å². The molecule has 0 aromatic heterocycles. The van der Waals surface area contributed by atoms with Crippen LogP contribution in [-0.2, 0) is 6.42 Å². The Balaban J connectivity index is 2.38. The number of hydrogen-bond donors (Lipinski definition) is 0. The number of halogens is 2. The quantitative estimate of drug-likeness (QED) is 0.599. The third-order valence-electron chi connectivity index (χ3n) is 3.05. The van der Waals surface area contributed by atoms with E-state index in [1.165, 1.54) is 37.0 Å². The summed E-state index contributed by atoms with van der Waals surface area (Å²) < 4.78 is 12.8. The summed E-state index contributed by atoms with van der Waals surface area (Å²) in [7, 11) is 0. The van der Waals surface area contributed by atoms with Gasteiger partial charge in [0.1, 0.15) is 5.82 Å². The van der Waals surface area contributed by atoms with Gasteiger partial charge in [-0.2, -0.15) is 0 Å². The molecular formula is C15H22ClF. The minimum atomic E-state index is -0.170. The first kappa shape index (κ1) is 14.5. The van der Waals surface area contributed by atoms with E-state index in [4.69, 9.17) is 11.6 Å². The largest absolute Gasteiger partial charge is 0.207 e. The zero-order valence-corrected chi connectivity index (χ0v) is 11.5. The number of alkyl halides is 1. The monoisotopic (exact) mass is 256 g/mol. The Morgan fingerprint density at radius 2 is 1.76 bits per heavy atom. The zero-order chi connectivity index (χ0) is 12.7. The lowest BCUT2D eigenvalue weighted by Gasteiger charge is -2.14. The Morgan fingerprint density at radius 3 is 2.29 bits per heavy atom. The Hall–Kier alpha value is -0.560. The van der Waals surface area contributed by atoms with Gasteiger partial charge in [0.2, 0.25) is 0 Å². The average molecular weight is 257 g/mol. The second-order valence-corrected chi connectivity index (χ2v) is 5.48. The fraction of sp³-hybridized carbons (Fsp3) is 0.600. The van der Waals surface area contributed by atoms with E-state index in [9.17, 15) is 4.39 Å². The molecule has 1 rings (SSSR count). The molecule has 0 saturated carbocycles. The van der Waals surface area contributed by atoms with Crippen LogP contribution in [-0.4, -0.2) is 5.88 Å². The van der Waals surface area contributed by atoms with Crippen molar-refractivity contribution in [3.8, 4) is 0 Å². The van der Waals surface area contributed by atoms with Gasteiger partial charge in [0.15, 0.2) is 0 Å². The van der Waals surface area contributed by atoms with Crippen LogP contribution in [0.25, 0.3) is 0 Å². The first-order chi connectivity index (χ1) is 8.11. The van der Waals surface area contributed by atoms with Gasteiger partial charge < -0.3 is 0 Å². The van der Waals surface area contributed by atoms with Gasteiger partial charge >= 0.3 is 0 Å². The summed E-state index contributed by atoms with van der Waals surface area (Å²) in [5.74, 6) is 1.80. The molecule has 0 radical (unpaired) electrons. The van der Waals surface area contributed by atoms with Gasteiger partial charge in [-0.3, -0.25) is 0 Å². The fourth-order valence-electron chi connectivity index (χ4n) is 2.00. The van der Waals surface area contributed by atoms with Crippen LogP contribution in [0.5, 0.6) is 0 Å². The maximum atomic E-state index is 12.8. The zero-order valence-electron chi connectivity index (χ0n) is 10.8. The third kappa shape index (κ3) is 6.07. The van der Waals surface area contributed by atoms with Gasteiger partial charge in [0, 0.05) is 5.88 Å². The van der Waals surface area contributed by atoms with Crippen molar-refractivity contribution >= 4 is 11.6 Å². The Kier molecular flexibility index (Phi) is 6.57. The number of rotatable bonds is 7. The van der Waals surface area contributed by atoms with Crippen molar-refractivity contribution in [2.75, 3.05) is 5.88 Å². The van der Waals surface area contributed by atoms with Crippen LogP contribution in [0.15, 0.2) is 24.3 Å². The third-order valence-corrected chi connectivity index (χ3v) is 3.49. The molecule has 1 aromatic rings. The predicted octanol–water partition coefficient (Wildman–Crippen LogP) is 5.05. The summed E-state index contributed by atoms with van der Waals surface area (Å²) in [6, 6.07) is 6.76. The SMILES string of the molecule is CC(C)CCCC(CCl)Cc1ccc(F)cc1. The van der Waals surface area contributed by atoms with E-state index in [2.05, 4.69) is 13.8 Å². The summed E-state index contributed by atoms with van der Waals surface area (Å²) in [5.41, 5.74) is 1.18. The van der Waals surface area contributed by atoms with E-state index in [-0.39, 0.29) is 5.82 Å². The molecule has 0 aliphatic carbocycles.